The summed E-state index contributed by atoms with van der Waals surface area (Å²) in [5.74, 6) is -1.27. The van der Waals surface area contributed by atoms with E-state index in [9.17, 15) is 13.2 Å². The fourth-order valence-corrected chi connectivity index (χ4v) is 6.57. The van der Waals surface area contributed by atoms with E-state index in [-0.39, 0.29) is 29.4 Å². The van der Waals surface area contributed by atoms with Gasteiger partial charge in [-0.2, -0.15) is 0 Å². The van der Waals surface area contributed by atoms with E-state index in [0.717, 1.165) is 89.3 Å². The third kappa shape index (κ3) is 6.54. The summed E-state index contributed by atoms with van der Waals surface area (Å²) in [6.45, 7) is 16.9. The first kappa shape index (κ1) is 29.7. The molecule has 1 saturated heterocycles. The highest BCUT2D eigenvalue weighted by Crippen LogP contribution is 2.49. The minimum Gasteiger partial charge on any atom is -0.369 e. The standard InChI is InChI=1S/C32H47F3N4/c1-7-13-32(30-36-20-29(37-30)31(6,34)35)14-12-25(19-32)21-39(24(5)23(4)17-22(3)8-2)26-10-11-27(33)28(18-26)38-15-9-16-38/h10-11,18,22-23,25H,5,7-9,12-17,19-21H2,1-4,6H3. The molecule has 0 radical (unpaired) electrons. The van der Waals surface area contributed by atoms with E-state index in [1.165, 1.54) is 0 Å². The lowest BCUT2D eigenvalue weighted by Crippen LogP contribution is -2.38. The van der Waals surface area contributed by atoms with Crippen LogP contribution in [0.3, 0.4) is 0 Å². The Morgan fingerprint density at radius 2 is 2.00 bits per heavy atom. The number of halogens is 3. The molecule has 4 rings (SSSR count). The van der Waals surface area contributed by atoms with Gasteiger partial charge in [0.15, 0.2) is 0 Å². The van der Waals surface area contributed by atoms with Crippen LogP contribution >= 0.6 is 0 Å². The molecule has 0 aromatic heterocycles. The Bertz CT molecular complexity index is 1090. The molecule has 4 unspecified atom stereocenters. The van der Waals surface area contributed by atoms with Gasteiger partial charge >= 0.3 is 0 Å². The zero-order valence-corrected chi connectivity index (χ0v) is 24.6. The van der Waals surface area contributed by atoms with Crippen molar-refractivity contribution in [3.05, 3.63) is 36.3 Å². The molecule has 2 aliphatic heterocycles. The van der Waals surface area contributed by atoms with E-state index in [1.807, 2.05) is 12.1 Å². The average molecular weight is 545 g/mol. The SMILES string of the molecule is C=C(C(C)CC(C)CC)N(CC1CCC(CCC)(C2=NCC(C(C)(F)F)=N2)C1)c1ccc(F)c(N2CCC2)c1. The monoisotopic (exact) mass is 544 g/mol. The Morgan fingerprint density at radius 3 is 2.59 bits per heavy atom. The Labute approximate surface area is 233 Å². The summed E-state index contributed by atoms with van der Waals surface area (Å²) in [6, 6.07) is 5.47. The summed E-state index contributed by atoms with van der Waals surface area (Å²) in [4.78, 5) is 13.4. The number of rotatable bonds is 13. The lowest BCUT2D eigenvalue weighted by molar-refractivity contribution is 0.0997. The average Bonchev–Trinajstić information content (AvgIpc) is 3.51. The number of benzene rings is 1. The lowest BCUT2D eigenvalue weighted by atomic mass is 9.79. The molecule has 0 N–H and O–H groups in total. The zero-order valence-electron chi connectivity index (χ0n) is 24.6. The summed E-state index contributed by atoms with van der Waals surface area (Å²) >= 11 is 0. The van der Waals surface area contributed by atoms with E-state index in [1.54, 1.807) is 6.07 Å². The van der Waals surface area contributed by atoms with Crippen molar-refractivity contribution >= 4 is 22.9 Å². The summed E-state index contributed by atoms with van der Waals surface area (Å²) < 4.78 is 42.8. The fourth-order valence-electron chi connectivity index (χ4n) is 6.57. The normalized spacial score (nSPS) is 24.7. The summed E-state index contributed by atoms with van der Waals surface area (Å²) in [6.07, 6.45) is 7.87. The van der Waals surface area contributed by atoms with Crippen molar-refractivity contribution in [3.8, 4) is 0 Å². The molecule has 39 heavy (non-hydrogen) atoms. The maximum Gasteiger partial charge on any atom is 0.285 e. The molecule has 0 bridgehead atoms. The Kier molecular flexibility index (Phi) is 9.17. The molecule has 4 atom stereocenters. The van der Waals surface area contributed by atoms with Crippen LogP contribution in [0.4, 0.5) is 24.5 Å². The van der Waals surface area contributed by atoms with Gasteiger partial charge in [-0.25, -0.2) is 18.2 Å². The molecule has 7 heteroatoms. The first-order valence-electron chi connectivity index (χ1n) is 15.0. The second-order valence-electron chi connectivity index (χ2n) is 12.5. The van der Waals surface area contributed by atoms with Gasteiger partial charge in [-0.1, -0.05) is 47.1 Å². The van der Waals surface area contributed by atoms with Crippen LogP contribution in [0.15, 0.2) is 40.5 Å². The minimum absolute atomic E-state index is 0.000120. The van der Waals surface area contributed by atoms with Gasteiger partial charge in [-0.05, 0) is 74.5 Å². The first-order valence-corrected chi connectivity index (χ1v) is 15.0. The largest absolute Gasteiger partial charge is 0.369 e. The Morgan fingerprint density at radius 1 is 1.26 bits per heavy atom. The number of aliphatic imine (C=N–C) groups is 2. The highest BCUT2D eigenvalue weighted by atomic mass is 19.3. The topological polar surface area (TPSA) is 31.2 Å². The van der Waals surface area contributed by atoms with Gasteiger partial charge in [0.25, 0.3) is 5.92 Å². The highest BCUT2D eigenvalue weighted by molar-refractivity contribution is 6.09. The van der Waals surface area contributed by atoms with Crippen LogP contribution < -0.4 is 9.80 Å². The molecule has 0 amide bonds. The second kappa shape index (κ2) is 12.1. The summed E-state index contributed by atoms with van der Waals surface area (Å²) in [5.41, 5.74) is 2.34. The molecule has 0 spiro atoms. The van der Waals surface area contributed by atoms with Gasteiger partial charge in [-0.15, -0.1) is 0 Å². The van der Waals surface area contributed by atoms with Crippen LogP contribution in [0.2, 0.25) is 0 Å². The molecule has 1 aromatic rings. The minimum atomic E-state index is -2.94. The van der Waals surface area contributed by atoms with Crippen LogP contribution in [0.25, 0.3) is 0 Å². The number of allylic oxidation sites excluding steroid dienone is 1. The second-order valence-corrected chi connectivity index (χ2v) is 12.5. The third-order valence-corrected chi connectivity index (χ3v) is 9.29. The van der Waals surface area contributed by atoms with Crippen LogP contribution in [0.1, 0.15) is 86.0 Å². The smallest absolute Gasteiger partial charge is 0.285 e. The number of alkyl halides is 2. The van der Waals surface area contributed by atoms with Gasteiger partial charge in [0.1, 0.15) is 17.4 Å². The van der Waals surface area contributed by atoms with Crippen molar-refractivity contribution in [2.24, 2.45) is 33.2 Å². The summed E-state index contributed by atoms with van der Waals surface area (Å²) in [5, 5.41) is 0. The maximum absolute atomic E-state index is 14.8. The molecule has 3 aliphatic rings. The third-order valence-electron chi connectivity index (χ3n) is 9.29. The van der Waals surface area contributed by atoms with Crippen LogP contribution in [0, 0.1) is 29.0 Å². The predicted molar refractivity (Wildman–Crippen MR) is 158 cm³/mol. The molecule has 2 fully saturated rings. The molecular weight excluding hydrogens is 497 g/mol. The quantitative estimate of drug-likeness (QED) is 0.249. The number of amidine groups is 1. The molecule has 216 valence electrons. The van der Waals surface area contributed by atoms with E-state index >= 15 is 0 Å². The maximum atomic E-state index is 14.8. The van der Waals surface area contributed by atoms with Gasteiger partial charge < -0.3 is 9.80 Å². The van der Waals surface area contributed by atoms with Crippen LogP contribution in [-0.4, -0.2) is 43.6 Å². The van der Waals surface area contributed by atoms with E-state index < -0.39 is 5.92 Å². The molecule has 2 heterocycles. The first-order chi connectivity index (χ1) is 18.5. The van der Waals surface area contributed by atoms with Crippen LogP contribution in [-0.2, 0) is 0 Å². The number of nitrogens with zero attached hydrogens (tertiary/aromatic N) is 4. The molecule has 1 saturated carbocycles. The van der Waals surface area contributed by atoms with Crippen molar-refractivity contribution in [3.63, 3.8) is 0 Å². The van der Waals surface area contributed by atoms with Gasteiger partial charge in [0.2, 0.25) is 0 Å². The molecule has 4 nitrogen and oxygen atoms in total. The molecule has 1 aliphatic carbocycles. The number of anilines is 2. The summed E-state index contributed by atoms with van der Waals surface area (Å²) in [7, 11) is 0. The molecule has 1 aromatic carbocycles. The van der Waals surface area contributed by atoms with Gasteiger partial charge in [0.05, 0.1) is 12.2 Å². The Balaban J connectivity index is 1.59. The molecular formula is C32H47F3N4. The van der Waals surface area contributed by atoms with E-state index in [0.29, 0.717) is 23.4 Å². The predicted octanol–water partition coefficient (Wildman–Crippen LogP) is 8.52. The number of hydrogen-bond acceptors (Lipinski definition) is 4. The van der Waals surface area contributed by atoms with Crippen molar-refractivity contribution in [1.82, 2.24) is 0 Å². The van der Waals surface area contributed by atoms with Crippen molar-refractivity contribution in [2.45, 2.75) is 91.9 Å². The van der Waals surface area contributed by atoms with Gasteiger partial charge in [-0.3, -0.25) is 4.99 Å². The van der Waals surface area contributed by atoms with E-state index in [4.69, 9.17) is 0 Å². The van der Waals surface area contributed by atoms with Crippen molar-refractivity contribution in [2.75, 3.05) is 36.0 Å². The van der Waals surface area contributed by atoms with Crippen LogP contribution in [0.5, 0.6) is 0 Å². The highest BCUT2D eigenvalue weighted by Gasteiger charge is 2.46. The van der Waals surface area contributed by atoms with Gasteiger partial charge in [0, 0.05) is 43.4 Å². The fraction of sp³-hybridized carbons (Fsp3) is 0.688. The Hall–Kier alpha value is -2.31. The lowest BCUT2D eigenvalue weighted by Gasteiger charge is -2.37. The van der Waals surface area contributed by atoms with Crippen molar-refractivity contribution < 1.29 is 13.2 Å². The zero-order chi connectivity index (χ0) is 28.4. The van der Waals surface area contributed by atoms with Crippen molar-refractivity contribution in [1.29, 1.82) is 0 Å². The van der Waals surface area contributed by atoms with E-state index in [2.05, 4.69) is 54.1 Å². The number of hydrogen-bond donors (Lipinski definition) is 0.